The van der Waals surface area contributed by atoms with Gasteiger partial charge in [0.1, 0.15) is 0 Å². The van der Waals surface area contributed by atoms with Crippen LogP contribution in [0.1, 0.15) is 27.7 Å². The van der Waals surface area contributed by atoms with Gasteiger partial charge in [-0.05, 0) is 27.7 Å². The van der Waals surface area contributed by atoms with Crippen molar-refractivity contribution in [3.05, 3.63) is 0 Å². The smallest absolute Gasteiger partial charge is 0.0167 e. The molecule has 0 spiro atoms. The van der Waals surface area contributed by atoms with Crippen LogP contribution in [-0.4, -0.2) is 36.1 Å². The zero-order valence-electron chi connectivity index (χ0n) is 8.15. The van der Waals surface area contributed by atoms with E-state index in [1.54, 1.807) is 0 Å². The highest BCUT2D eigenvalue weighted by molar-refractivity contribution is 4.83. The lowest BCUT2D eigenvalue weighted by atomic mass is 10.0. The van der Waals surface area contributed by atoms with E-state index >= 15 is 0 Å². The summed E-state index contributed by atoms with van der Waals surface area (Å²) in [5.41, 5.74) is 0.344. The highest BCUT2D eigenvalue weighted by atomic mass is 15.2. The van der Waals surface area contributed by atoms with Crippen LogP contribution in [0.4, 0.5) is 0 Å². The van der Waals surface area contributed by atoms with Crippen LogP contribution in [0.2, 0.25) is 0 Å². The van der Waals surface area contributed by atoms with Gasteiger partial charge in [0, 0.05) is 31.2 Å². The predicted molar refractivity (Wildman–Crippen MR) is 48.8 cm³/mol. The minimum Gasteiger partial charge on any atom is -0.312 e. The molecule has 0 aromatic heterocycles. The van der Waals surface area contributed by atoms with Gasteiger partial charge in [0.25, 0.3) is 0 Å². The standard InChI is InChI=1S/C9H20N2/c1-8-7-11(6-5-10-8)9(2,3)4/h8,10H,5-7H2,1-4H3/t8-/m1/s1. The monoisotopic (exact) mass is 156 g/mol. The molecule has 0 aliphatic carbocycles. The summed E-state index contributed by atoms with van der Waals surface area (Å²) >= 11 is 0. The molecule has 1 rings (SSSR count). The van der Waals surface area contributed by atoms with E-state index in [1.807, 2.05) is 0 Å². The lowest BCUT2D eigenvalue weighted by Crippen LogP contribution is -2.55. The summed E-state index contributed by atoms with van der Waals surface area (Å²) in [6.45, 7) is 12.6. The molecule has 1 N–H and O–H groups in total. The van der Waals surface area contributed by atoms with Crippen molar-refractivity contribution in [2.75, 3.05) is 19.6 Å². The summed E-state index contributed by atoms with van der Waals surface area (Å²) < 4.78 is 0. The molecular formula is C9H20N2. The van der Waals surface area contributed by atoms with E-state index in [-0.39, 0.29) is 0 Å². The van der Waals surface area contributed by atoms with Crippen LogP contribution in [0.5, 0.6) is 0 Å². The molecule has 2 heteroatoms. The molecule has 1 saturated heterocycles. The van der Waals surface area contributed by atoms with E-state index in [1.165, 1.54) is 13.1 Å². The van der Waals surface area contributed by atoms with Gasteiger partial charge in [-0.25, -0.2) is 0 Å². The van der Waals surface area contributed by atoms with Crippen molar-refractivity contribution < 1.29 is 0 Å². The van der Waals surface area contributed by atoms with Gasteiger partial charge >= 0.3 is 0 Å². The zero-order chi connectivity index (χ0) is 8.48. The molecule has 2 nitrogen and oxygen atoms in total. The molecule has 0 unspecified atom stereocenters. The molecule has 0 radical (unpaired) electrons. The molecule has 1 atom stereocenters. The summed E-state index contributed by atoms with van der Waals surface area (Å²) in [7, 11) is 0. The van der Waals surface area contributed by atoms with Gasteiger partial charge in [0.15, 0.2) is 0 Å². The SMILES string of the molecule is C[C@@H]1CN(C(C)(C)C)CCN1. The normalized spacial score (nSPS) is 28.9. The van der Waals surface area contributed by atoms with Gasteiger partial charge in [0.2, 0.25) is 0 Å². The van der Waals surface area contributed by atoms with Crippen molar-refractivity contribution in [1.82, 2.24) is 10.2 Å². The Morgan fingerprint density at radius 1 is 1.36 bits per heavy atom. The highest BCUT2D eigenvalue weighted by Crippen LogP contribution is 2.14. The van der Waals surface area contributed by atoms with Crippen LogP contribution in [0.15, 0.2) is 0 Å². The Morgan fingerprint density at radius 2 is 2.00 bits per heavy atom. The summed E-state index contributed by atoms with van der Waals surface area (Å²) in [5, 5.41) is 3.44. The Labute approximate surface area is 70.0 Å². The van der Waals surface area contributed by atoms with Gasteiger partial charge in [-0.1, -0.05) is 0 Å². The van der Waals surface area contributed by atoms with Crippen molar-refractivity contribution >= 4 is 0 Å². The largest absolute Gasteiger partial charge is 0.312 e. The topological polar surface area (TPSA) is 15.3 Å². The van der Waals surface area contributed by atoms with Crippen molar-refractivity contribution in [2.45, 2.75) is 39.3 Å². The highest BCUT2D eigenvalue weighted by Gasteiger charge is 2.25. The molecule has 1 aliphatic heterocycles. The summed E-state index contributed by atoms with van der Waals surface area (Å²) in [6.07, 6.45) is 0. The molecule has 0 aromatic rings. The van der Waals surface area contributed by atoms with Crippen LogP contribution in [0, 0.1) is 0 Å². The van der Waals surface area contributed by atoms with E-state index in [0.717, 1.165) is 6.54 Å². The molecule has 1 fully saturated rings. The third-order valence-corrected chi connectivity index (χ3v) is 2.32. The van der Waals surface area contributed by atoms with Crippen molar-refractivity contribution in [3.8, 4) is 0 Å². The summed E-state index contributed by atoms with van der Waals surface area (Å²) in [4.78, 5) is 2.54. The van der Waals surface area contributed by atoms with E-state index in [9.17, 15) is 0 Å². The Bertz CT molecular complexity index is 126. The third kappa shape index (κ3) is 2.46. The van der Waals surface area contributed by atoms with Gasteiger partial charge in [-0.3, -0.25) is 4.90 Å². The molecule has 0 saturated carbocycles. The molecule has 66 valence electrons. The first kappa shape index (κ1) is 9.01. The maximum atomic E-state index is 3.44. The fourth-order valence-corrected chi connectivity index (χ4v) is 1.54. The van der Waals surface area contributed by atoms with Crippen LogP contribution in [0.25, 0.3) is 0 Å². The minimum atomic E-state index is 0.344. The first-order valence-corrected chi connectivity index (χ1v) is 4.48. The second kappa shape index (κ2) is 3.11. The Kier molecular flexibility index (Phi) is 2.55. The van der Waals surface area contributed by atoms with Gasteiger partial charge < -0.3 is 5.32 Å². The van der Waals surface area contributed by atoms with Crippen LogP contribution in [-0.2, 0) is 0 Å². The van der Waals surface area contributed by atoms with E-state index in [0.29, 0.717) is 11.6 Å². The Morgan fingerprint density at radius 3 is 2.36 bits per heavy atom. The average molecular weight is 156 g/mol. The number of nitrogens with one attached hydrogen (secondary N) is 1. The third-order valence-electron chi connectivity index (χ3n) is 2.32. The summed E-state index contributed by atoms with van der Waals surface area (Å²) in [5.74, 6) is 0. The summed E-state index contributed by atoms with van der Waals surface area (Å²) in [6, 6.07) is 0.656. The molecule has 1 heterocycles. The number of hydrogen-bond donors (Lipinski definition) is 1. The first-order valence-electron chi connectivity index (χ1n) is 4.48. The Hall–Kier alpha value is -0.0800. The average Bonchev–Trinajstić information content (AvgIpc) is 1.86. The van der Waals surface area contributed by atoms with Gasteiger partial charge in [-0.2, -0.15) is 0 Å². The van der Waals surface area contributed by atoms with Crippen LogP contribution in [0.3, 0.4) is 0 Å². The Balaban J connectivity index is 2.46. The van der Waals surface area contributed by atoms with E-state index in [4.69, 9.17) is 0 Å². The van der Waals surface area contributed by atoms with Crippen LogP contribution >= 0.6 is 0 Å². The molecule has 0 amide bonds. The zero-order valence-corrected chi connectivity index (χ0v) is 8.15. The van der Waals surface area contributed by atoms with Gasteiger partial charge in [0.05, 0.1) is 0 Å². The van der Waals surface area contributed by atoms with Gasteiger partial charge in [-0.15, -0.1) is 0 Å². The molecule has 0 aromatic carbocycles. The number of piperazine rings is 1. The number of nitrogens with zero attached hydrogens (tertiary/aromatic N) is 1. The molecule has 0 bridgehead atoms. The maximum absolute atomic E-state index is 3.44. The second-order valence-electron chi connectivity index (χ2n) is 4.47. The van der Waals surface area contributed by atoms with Crippen molar-refractivity contribution in [2.24, 2.45) is 0 Å². The molecule has 1 aliphatic rings. The lowest BCUT2D eigenvalue weighted by Gasteiger charge is -2.41. The quantitative estimate of drug-likeness (QED) is 0.564. The molecular weight excluding hydrogens is 136 g/mol. The second-order valence-corrected chi connectivity index (χ2v) is 4.47. The lowest BCUT2D eigenvalue weighted by molar-refractivity contribution is 0.0998. The fourth-order valence-electron chi connectivity index (χ4n) is 1.54. The number of rotatable bonds is 0. The minimum absolute atomic E-state index is 0.344. The van der Waals surface area contributed by atoms with E-state index in [2.05, 4.69) is 37.9 Å². The number of hydrogen-bond acceptors (Lipinski definition) is 2. The maximum Gasteiger partial charge on any atom is 0.0167 e. The van der Waals surface area contributed by atoms with E-state index < -0.39 is 0 Å². The first-order chi connectivity index (χ1) is 5.00. The van der Waals surface area contributed by atoms with Crippen molar-refractivity contribution in [1.29, 1.82) is 0 Å². The predicted octanol–water partition coefficient (Wildman–Crippen LogP) is 1.08. The molecule has 11 heavy (non-hydrogen) atoms. The van der Waals surface area contributed by atoms with Crippen molar-refractivity contribution in [3.63, 3.8) is 0 Å². The fraction of sp³-hybridized carbons (Fsp3) is 1.00. The van der Waals surface area contributed by atoms with Crippen LogP contribution < -0.4 is 5.32 Å².